The van der Waals surface area contributed by atoms with Gasteiger partial charge >= 0.3 is 0 Å². The van der Waals surface area contributed by atoms with Gasteiger partial charge in [-0.05, 0) is 13.3 Å². The quantitative estimate of drug-likeness (QED) is 0.528. The van der Waals surface area contributed by atoms with Crippen molar-refractivity contribution in [1.82, 2.24) is 5.06 Å². The van der Waals surface area contributed by atoms with Crippen LogP contribution in [0.15, 0.2) is 0 Å². The molecule has 1 fully saturated rings. The maximum absolute atomic E-state index is 5.40. The van der Waals surface area contributed by atoms with Crippen molar-refractivity contribution in [2.45, 2.75) is 26.4 Å². The minimum Gasteiger partial charge on any atom is -0.296 e. The summed E-state index contributed by atoms with van der Waals surface area (Å²) in [6.45, 7) is 5.44. The SMILES string of the molecule is CC[C@@H]1CN(C)O[C@H]1C. The Morgan fingerprint density at radius 2 is 2.33 bits per heavy atom. The Morgan fingerprint density at radius 1 is 1.67 bits per heavy atom. The lowest BCUT2D eigenvalue weighted by Gasteiger charge is -2.07. The van der Waals surface area contributed by atoms with Crippen LogP contribution in [-0.2, 0) is 4.84 Å². The minimum atomic E-state index is 0.431. The third kappa shape index (κ3) is 1.43. The van der Waals surface area contributed by atoms with E-state index >= 15 is 0 Å². The zero-order chi connectivity index (χ0) is 6.85. The van der Waals surface area contributed by atoms with Crippen molar-refractivity contribution in [2.75, 3.05) is 13.6 Å². The molecule has 0 amide bonds. The van der Waals surface area contributed by atoms with Crippen molar-refractivity contribution in [3.8, 4) is 0 Å². The van der Waals surface area contributed by atoms with E-state index in [4.69, 9.17) is 4.84 Å². The fourth-order valence-electron chi connectivity index (χ4n) is 1.35. The second kappa shape index (κ2) is 2.67. The van der Waals surface area contributed by atoms with E-state index in [9.17, 15) is 0 Å². The van der Waals surface area contributed by atoms with Crippen LogP contribution in [0, 0.1) is 5.92 Å². The predicted molar refractivity (Wildman–Crippen MR) is 37.0 cm³/mol. The van der Waals surface area contributed by atoms with Crippen LogP contribution in [0.5, 0.6) is 0 Å². The second-order valence-corrected chi connectivity index (χ2v) is 2.79. The monoisotopic (exact) mass is 129 g/mol. The maximum atomic E-state index is 5.40. The molecule has 0 aromatic carbocycles. The highest BCUT2D eigenvalue weighted by Gasteiger charge is 2.26. The molecule has 2 heteroatoms. The third-order valence-corrected chi connectivity index (χ3v) is 2.03. The summed E-state index contributed by atoms with van der Waals surface area (Å²) >= 11 is 0. The first-order valence-corrected chi connectivity index (χ1v) is 3.62. The molecular formula is C7H15NO. The predicted octanol–water partition coefficient (Wildman–Crippen LogP) is 1.28. The first-order valence-electron chi connectivity index (χ1n) is 3.62. The molecule has 0 bridgehead atoms. The smallest absolute Gasteiger partial charge is 0.0806 e. The lowest BCUT2D eigenvalue weighted by atomic mass is 10.0. The summed E-state index contributed by atoms with van der Waals surface area (Å²) in [5.74, 6) is 0.745. The van der Waals surface area contributed by atoms with Gasteiger partial charge in [-0.15, -0.1) is 0 Å². The van der Waals surface area contributed by atoms with Crippen LogP contribution in [0.3, 0.4) is 0 Å². The number of nitrogens with zero attached hydrogens (tertiary/aromatic N) is 1. The van der Waals surface area contributed by atoms with Crippen LogP contribution < -0.4 is 0 Å². The molecule has 1 aliphatic rings. The average molecular weight is 129 g/mol. The zero-order valence-electron chi connectivity index (χ0n) is 6.42. The van der Waals surface area contributed by atoms with Gasteiger partial charge in [0.2, 0.25) is 0 Å². The number of hydrogen-bond donors (Lipinski definition) is 0. The molecular weight excluding hydrogens is 114 g/mol. The van der Waals surface area contributed by atoms with Gasteiger partial charge in [0, 0.05) is 19.5 Å². The second-order valence-electron chi connectivity index (χ2n) is 2.79. The highest BCUT2D eigenvalue weighted by molar-refractivity contribution is 4.70. The van der Waals surface area contributed by atoms with E-state index < -0.39 is 0 Å². The van der Waals surface area contributed by atoms with Gasteiger partial charge in [-0.1, -0.05) is 6.92 Å². The van der Waals surface area contributed by atoms with Gasteiger partial charge in [-0.25, -0.2) is 0 Å². The highest BCUT2D eigenvalue weighted by atomic mass is 16.7. The van der Waals surface area contributed by atoms with Crippen LogP contribution in [-0.4, -0.2) is 24.8 Å². The molecule has 0 aliphatic carbocycles. The first kappa shape index (κ1) is 7.03. The van der Waals surface area contributed by atoms with Gasteiger partial charge in [0.1, 0.15) is 0 Å². The molecule has 1 rings (SSSR count). The Balaban J connectivity index is 2.38. The molecule has 54 valence electrons. The van der Waals surface area contributed by atoms with Gasteiger partial charge < -0.3 is 0 Å². The summed E-state index contributed by atoms with van der Waals surface area (Å²) in [7, 11) is 1.99. The van der Waals surface area contributed by atoms with E-state index in [1.54, 1.807) is 0 Å². The Kier molecular flexibility index (Phi) is 2.09. The molecule has 9 heavy (non-hydrogen) atoms. The molecule has 0 spiro atoms. The summed E-state index contributed by atoms with van der Waals surface area (Å²) in [4.78, 5) is 5.40. The van der Waals surface area contributed by atoms with Crippen LogP contribution in [0.2, 0.25) is 0 Å². The van der Waals surface area contributed by atoms with Crippen LogP contribution in [0.4, 0.5) is 0 Å². The fourth-order valence-corrected chi connectivity index (χ4v) is 1.35. The summed E-state index contributed by atoms with van der Waals surface area (Å²) < 4.78 is 0. The van der Waals surface area contributed by atoms with Crippen molar-refractivity contribution >= 4 is 0 Å². The molecule has 0 unspecified atom stereocenters. The summed E-state index contributed by atoms with van der Waals surface area (Å²) in [6.07, 6.45) is 1.66. The average Bonchev–Trinajstić information content (AvgIpc) is 2.10. The highest BCUT2D eigenvalue weighted by Crippen LogP contribution is 2.20. The van der Waals surface area contributed by atoms with E-state index in [2.05, 4.69) is 13.8 Å². The Hall–Kier alpha value is -0.0800. The molecule has 2 atom stereocenters. The molecule has 1 aliphatic heterocycles. The lowest BCUT2D eigenvalue weighted by Crippen LogP contribution is -2.12. The molecule has 1 heterocycles. The molecule has 1 saturated heterocycles. The van der Waals surface area contributed by atoms with E-state index in [1.165, 1.54) is 6.42 Å². The topological polar surface area (TPSA) is 12.5 Å². The van der Waals surface area contributed by atoms with Gasteiger partial charge in [0.15, 0.2) is 0 Å². The molecule has 0 radical (unpaired) electrons. The summed E-state index contributed by atoms with van der Waals surface area (Å²) in [6, 6.07) is 0. The summed E-state index contributed by atoms with van der Waals surface area (Å²) in [5, 5.41) is 1.93. The van der Waals surface area contributed by atoms with Gasteiger partial charge in [-0.2, -0.15) is 5.06 Å². The van der Waals surface area contributed by atoms with Gasteiger partial charge in [0.25, 0.3) is 0 Å². The Labute approximate surface area is 56.8 Å². The van der Waals surface area contributed by atoms with Crippen LogP contribution >= 0.6 is 0 Å². The van der Waals surface area contributed by atoms with Crippen molar-refractivity contribution in [1.29, 1.82) is 0 Å². The lowest BCUT2D eigenvalue weighted by molar-refractivity contribution is -0.122. The normalized spacial score (nSPS) is 37.7. The minimum absolute atomic E-state index is 0.431. The van der Waals surface area contributed by atoms with Crippen LogP contribution in [0.25, 0.3) is 0 Å². The van der Waals surface area contributed by atoms with E-state index in [1.807, 2.05) is 12.1 Å². The molecule has 0 aromatic heterocycles. The Bertz CT molecular complexity index is 94.9. The van der Waals surface area contributed by atoms with Crippen molar-refractivity contribution in [2.24, 2.45) is 5.92 Å². The maximum Gasteiger partial charge on any atom is 0.0806 e. The first-order chi connectivity index (χ1) is 4.24. The molecule has 0 N–H and O–H groups in total. The fraction of sp³-hybridized carbons (Fsp3) is 1.00. The van der Waals surface area contributed by atoms with Crippen molar-refractivity contribution in [3.05, 3.63) is 0 Å². The van der Waals surface area contributed by atoms with E-state index in [-0.39, 0.29) is 0 Å². The van der Waals surface area contributed by atoms with E-state index in [0.717, 1.165) is 12.5 Å². The number of hydrogen-bond acceptors (Lipinski definition) is 2. The molecule has 0 aromatic rings. The van der Waals surface area contributed by atoms with Gasteiger partial charge in [0.05, 0.1) is 6.10 Å². The molecule has 2 nitrogen and oxygen atoms in total. The number of rotatable bonds is 1. The summed E-state index contributed by atoms with van der Waals surface area (Å²) in [5.41, 5.74) is 0. The van der Waals surface area contributed by atoms with Crippen molar-refractivity contribution < 1.29 is 4.84 Å². The molecule has 0 saturated carbocycles. The van der Waals surface area contributed by atoms with Crippen molar-refractivity contribution in [3.63, 3.8) is 0 Å². The number of hydroxylamine groups is 2. The largest absolute Gasteiger partial charge is 0.296 e. The standard InChI is InChI=1S/C7H15NO/c1-4-7-5-8(3)9-6(7)2/h6-7H,4-5H2,1-3H3/t6-,7+/m0/s1. The van der Waals surface area contributed by atoms with Gasteiger partial charge in [-0.3, -0.25) is 4.84 Å². The third-order valence-electron chi connectivity index (χ3n) is 2.03. The Morgan fingerprint density at radius 3 is 2.56 bits per heavy atom. The van der Waals surface area contributed by atoms with Crippen LogP contribution in [0.1, 0.15) is 20.3 Å². The zero-order valence-corrected chi connectivity index (χ0v) is 6.42. The van der Waals surface area contributed by atoms with E-state index in [0.29, 0.717) is 6.10 Å².